The molecule has 0 N–H and O–H groups in total. The Morgan fingerprint density at radius 2 is 0.667 bits per heavy atom. The van der Waals surface area contributed by atoms with Crippen LogP contribution in [0.1, 0.15) is 0 Å². The molecule has 0 saturated heterocycles. The van der Waals surface area contributed by atoms with Crippen LogP contribution in [0.2, 0.25) is 0 Å². The van der Waals surface area contributed by atoms with Gasteiger partial charge in [0.25, 0.3) is 0 Å². The summed E-state index contributed by atoms with van der Waals surface area (Å²) < 4.78 is 0. The van der Waals surface area contributed by atoms with E-state index < -0.39 is 7.92 Å². The molecular formula is C19H19NiP. The van der Waals surface area contributed by atoms with Gasteiger partial charge in [0.2, 0.25) is 0 Å². The standard InChI is InChI=1S/C18H15P.CH3.Ni/c1-4-10-16(11-5-1)19(17-12-6-2-7-13-17)18-14-8-3-9-15-18;;/h1-15H;1H3;/q;-1;/p+1. The van der Waals surface area contributed by atoms with E-state index in [2.05, 4.69) is 91.0 Å². The smallest absolute Gasteiger partial charge is 0.102 e. The van der Waals surface area contributed by atoms with Gasteiger partial charge in [0.1, 0.15) is 15.9 Å². The Bertz CT molecular complexity index is 530. The van der Waals surface area contributed by atoms with Crippen molar-refractivity contribution in [2.75, 3.05) is 0 Å². The summed E-state index contributed by atoms with van der Waals surface area (Å²) in [6.07, 6.45) is 0. The number of benzene rings is 3. The zero-order valence-corrected chi connectivity index (χ0v) is 14.0. The van der Waals surface area contributed by atoms with E-state index in [9.17, 15) is 0 Å². The van der Waals surface area contributed by atoms with Crippen molar-refractivity contribution in [2.45, 2.75) is 0 Å². The Balaban J connectivity index is 0.00000110. The van der Waals surface area contributed by atoms with Crippen molar-refractivity contribution in [1.82, 2.24) is 0 Å². The minimum atomic E-state index is -0.877. The van der Waals surface area contributed by atoms with Gasteiger partial charge in [-0.25, -0.2) is 0 Å². The molecule has 0 atom stereocenters. The fourth-order valence-corrected chi connectivity index (χ4v) is 4.89. The van der Waals surface area contributed by atoms with Crippen molar-refractivity contribution in [1.29, 1.82) is 0 Å². The predicted molar refractivity (Wildman–Crippen MR) is 93.0 cm³/mol. The second kappa shape index (κ2) is 8.78. The fourth-order valence-electron chi connectivity index (χ4n) is 2.31. The van der Waals surface area contributed by atoms with Gasteiger partial charge in [0.05, 0.1) is 7.92 Å². The van der Waals surface area contributed by atoms with Crippen LogP contribution in [0.3, 0.4) is 0 Å². The molecule has 0 radical (unpaired) electrons. The minimum Gasteiger partial charge on any atom is -0.358 e. The zero-order valence-electron chi connectivity index (χ0n) is 12.0. The van der Waals surface area contributed by atoms with Crippen LogP contribution in [-0.2, 0) is 16.5 Å². The van der Waals surface area contributed by atoms with Gasteiger partial charge in [-0.1, -0.05) is 54.6 Å². The zero-order chi connectivity index (χ0) is 12.9. The summed E-state index contributed by atoms with van der Waals surface area (Å²) in [5, 5.41) is 4.31. The summed E-state index contributed by atoms with van der Waals surface area (Å²) in [6.45, 7) is 0. The van der Waals surface area contributed by atoms with E-state index in [4.69, 9.17) is 0 Å². The third-order valence-corrected chi connectivity index (χ3v) is 5.92. The number of hydrogen-bond donors (Lipinski definition) is 0. The Morgan fingerprint density at radius 1 is 0.429 bits per heavy atom. The Kier molecular flexibility index (Phi) is 7.37. The molecule has 0 aliphatic heterocycles. The average Bonchev–Trinajstić information content (AvgIpc) is 2.51. The first-order valence-electron chi connectivity index (χ1n) is 6.48. The van der Waals surface area contributed by atoms with Crippen molar-refractivity contribution in [3.8, 4) is 0 Å². The normalized spacial score (nSPS) is 9.57. The van der Waals surface area contributed by atoms with Crippen LogP contribution >= 0.6 is 7.92 Å². The number of hydrogen-bond acceptors (Lipinski definition) is 0. The van der Waals surface area contributed by atoms with Crippen molar-refractivity contribution in [2.24, 2.45) is 0 Å². The van der Waals surface area contributed by atoms with Crippen LogP contribution in [-0.4, -0.2) is 0 Å². The summed E-state index contributed by atoms with van der Waals surface area (Å²) in [5.41, 5.74) is 0. The van der Waals surface area contributed by atoms with Crippen LogP contribution in [0.25, 0.3) is 0 Å². The van der Waals surface area contributed by atoms with E-state index in [-0.39, 0.29) is 23.9 Å². The predicted octanol–water partition coefficient (Wildman–Crippen LogP) is 3.62. The van der Waals surface area contributed by atoms with Gasteiger partial charge in [0.15, 0.2) is 0 Å². The van der Waals surface area contributed by atoms with Crippen LogP contribution < -0.4 is 15.9 Å². The van der Waals surface area contributed by atoms with E-state index in [1.54, 1.807) is 0 Å². The molecule has 0 unspecified atom stereocenters. The van der Waals surface area contributed by atoms with Gasteiger partial charge in [-0.2, -0.15) is 0 Å². The van der Waals surface area contributed by atoms with Crippen molar-refractivity contribution in [3.05, 3.63) is 98.4 Å². The van der Waals surface area contributed by atoms with Gasteiger partial charge < -0.3 is 7.43 Å². The summed E-state index contributed by atoms with van der Waals surface area (Å²) in [5.74, 6) is 0. The SMILES string of the molecule is [CH3-].[Ni].c1ccc([PH+](c2ccccc2)c2ccccc2)cc1. The topological polar surface area (TPSA) is 0 Å². The van der Waals surface area contributed by atoms with Gasteiger partial charge in [0, 0.05) is 16.5 Å². The maximum absolute atomic E-state index is 2.24. The maximum Gasteiger partial charge on any atom is 0.102 e. The first kappa shape index (κ1) is 17.6. The quantitative estimate of drug-likeness (QED) is 0.389. The molecule has 0 bridgehead atoms. The van der Waals surface area contributed by atoms with Crippen molar-refractivity contribution >= 4 is 23.8 Å². The van der Waals surface area contributed by atoms with Crippen LogP contribution in [0.5, 0.6) is 0 Å². The minimum absolute atomic E-state index is 0. The van der Waals surface area contributed by atoms with Crippen LogP contribution in [0, 0.1) is 7.43 Å². The number of rotatable bonds is 3. The van der Waals surface area contributed by atoms with E-state index in [0.29, 0.717) is 0 Å². The molecule has 0 fully saturated rings. The molecule has 0 aliphatic rings. The summed E-state index contributed by atoms with van der Waals surface area (Å²) in [6, 6.07) is 32.5. The molecule has 0 aromatic heterocycles. The third-order valence-electron chi connectivity index (χ3n) is 3.19. The van der Waals surface area contributed by atoms with E-state index >= 15 is 0 Å². The second-order valence-corrected chi connectivity index (χ2v) is 6.96. The molecule has 3 aromatic rings. The van der Waals surface area contributed by atoms with E-state index in [0.717, 1.165) is 0 Å². The molecule has 0 nitrogen and oxygen atoms in total. The molecule has 0 aliphatic carbocycles. The Labute approximate surface area is 138 Å². The molecule has 3 aromatic carbocycles. The van der Waals surface area contributed by atoms with Gasteiger partial charge in [-0.05, 0) is 36.4 Å². The third kappa shape index (κ3) is 4.27. The molecule has 21 heavy (non-hydrogen) atoms. The van der Waals surface area contributed by atoms with E-state index in [1.807, 2.05) is 0 Å². The maximum atomic E-state index is 2.24. The second-order valence-electron chi connectivity index (χ2n) is 4.47. The molecule has 3 rings (SSSR count). The van der Waals surface area contributed by atoms with Gasteiger partial charge >= 0.3 is 0 Å². The average molecular weight is 337 g/mol. The van der Waals surface area contributed by atoms with Gasteiger partial charge in [-0.3, -0.25) is 0 Å². The molecule has 0 amide bonds. The molecule has 2 heteroatoms. The molecule has 0 spiro atoms. The Morgan fingerprint density at radius 3 is 0.905 bits per heavy atom. The molecule has 110 valence electrons. The first-order chi connectivity index (χ1) is 9.45. The molecular weight excluding hydrogens is 318 g/mol. The van der Waals surface area contributed by atoms with Crippen molar-refractivity contribution in [3.63, 3.8) is 0 Å². The Hall–Kier alpha value is -1.42. The summed E-state index contributed by atoms with van der Waals surface area (Å²) >= 11 is 0. The molecule has 0 heterocycles. The first-order valence-corrected chi connectivity index (χ1v) is 7.98. The van der Waals surface area contributed by atoms with Crippen LogP contribution in [0.4, 0.5) is 0 Å². The van der Waals surface area contributed by atoms with Gasteiger partial charge in [-0.15, -0.1) is 0 Å². The largest absolute Gasteiger partial charge is 0.358 e. The van der Waals surface area contributed by atoms with E-state index in [1.165, 1.54) is 15.9 Å². The van der Waals surface area contributed by atoms with Crippen LogP contribution in [0.15, 0.2) is 91.0 Å². The monoisotopic (exact) mass is 336 g/mol. The van der Waals surface area contributed by atoms with Crippen molar-refractivity contribution < 1.29 is 16.5 Å². The summed E-state index contributed by atoms with van der Waals surface area (Å²) in [7, 11) is -0.877. The fraction of sp³-hybridized carbons (Fsp3) is 0. The summed E-state index contributed by atoms with van der Waals surface area (Å²) in [4.78, 5) is 0. The molecule has 0 saturated carbocycles.